The molecular formula is C14H18Br2O. The fourth-order valence-electron chi connectivity index (χ4n) is 2.29. The van der Waals surface area contributed by atoms with Crippen LogP contribution in [0.2, 0.25) is 0 Å². The summed E-state index contributed by atoms with van der Waals surface area (Å²) in [5.41, 5.74) is 2.91. The van der Waals surface area contributed by atoms with E-state index in [9.17, 15) is 0 Å². The van der Waals surface area contributed by atoms with Gasteiger partial charge in [-0.1, -0.05) is 45.7 Å². The molecule has 2 atom stereocenters. The lowest BCUT2D eigenvalue weighted by Crippen LogP contribution is -2.02. The number of alkyl halides is 1. The summed E-state index contributed by atoms with van der Waals surface area (Å²) >= 11 is 7.44. The van der Waals surface area contributed by atoms with Gasteiger partial charge in [0.25, 0.3) is 0 Å². The van der Waals surface area contributed by atoms with Gasteiger partial charge in [-0.15, -0.1) is 0 Å². The van der Waals surface area contributed by atoms with Gasteiger partial charge in [-0.3, -0.25) is 0 Å². The first kappa shape index (κ1) is 13.4. The Morgan fingerprint density at radius 1 is 1.41 bits per heavy atom. The predicted molar refractivity (Wildman–Crippen MR) is 79.0 cm³/mol. The van der Waals surface area contributed by atoms with E-state index >= 15 is 0 Å². The summed E-state index contributed by atoms with van der Waals surface area (Å²) in [5.74, 6) is 1.68. The van der Waals surface area contributed by atoms with Gasteiger partial charge >= 0.3 is 0 Å². The van der Waals surface area contributed by atoms with Gasteiger partial charge in [-0.25, -0.2) is 0 Å². The van der Waals surface area contributed by atoms with Crippen molar-refractivity contribution in [1.82, 2.24) is 0 Å². The molecule has 17 heavy (non-hydrogen) atoms. The van der Waals surface area contributed by atoms with Gasteiger partial charge in [0.2, 0.25) is 0 Å². The Morgan fingerprint density at radius 2 is 2.00 bits per heavy atom. The number of methoxy groups -OCH3 is 1. The van der Waals surface area contributed by atoms with Gasteiger partial charge in [0.15, 0.2) is 0 Å². The number of halogens is 2. The molecule has 1 aromatic rings. The molecule has 0 bridgehead atoms. The number of hydrogen-bond acceptors (Lipinski definition) is 1. The molecule has 0 N–H and O–H groups in total. The second-order valence-electron chi connectivity index (χ2n) is 5.54. The standard InChI is InChI=1S/C14H18Br2O/c1-8-5-12(17-4)9(6-11(8)15)13(16)10-7-14(10,2)3/h5-6,10,13H,7H2,1-4H3. The van der Waals surface area contributed by atoms with Gasteiger partial charge in [0.05, 0.1) is 7.11 Å². The molecule has 2 unspecified atom stereocenters. The Labute approximate surface area is 120 Å². The Hall–Kier alpha value is -0.0200. The van der Waals surface area contributed by atoms with E-state index in [1.54, 1.807) is 7.11 Å². The van der Waals surface area contributed by atoms with Gasteiger partial charge in [0.1, 0.15) is 5.75 Å². The molecule has 0 amide bonds. The zero-order valence-corrected chi connectivity index (χ0v) is 13.9. The molecule has 0 aromatic heterocycles. The lowest BCUT2D eigenvalue weighted by Gasteiger charge is -2.17. The molecule has 94 valence electrons. The van der Waals surface area contributed by atoms with Crippen molar-refractivity contribution in [2.75, 3.05) is 7.11 Å². The van der Waals surface area contributed by atoms with Crippen LogP contribution in [0.3, 0.4) is 0 Å². The molecule has 3 heteroatoms. The maximum atomic E-state index is 5.50. The lowest BCUT2D eigenvalue weighted by atomic mass is 10.0. The number of benzene rings is 1. The molecule has 0 radical (unpaired) electrons. The van der Waals surface area contributed by atoms with Crippen molar-refractivity contribution in [2.24, 2.45) is 11.3 Å². The summed E-state index contributed by atoms with van der Waals surface area (Å²) in [6.45, 7) is 6.73. The highest BCUT2D eigenvalue weighted by atomic mass is 79.9. The molecule has 1 aliphatic rings. The molecule has 1 nitrogen and oxygen atoms in total. The highest BCUT2D eigenvalue weighted by Crippen LogP contribution is 2.61. The minimum absolute atomic E-state index is 0.379. The maximum absolute atomic E-state index is 5.50. The van der Waals surface area contributed by atoms with Gasteiger partial charge < -0.3 is 4.74 Å². The first-order valence-electron chi connectivity index (χ1n) is 5.85. The highest BCUT2D eigenvalue weighted by Gasteiger charge is 2.50. The summed E-state index contributed by atoms with van der Waals surface area (Å²) in [7, 11) is 1.74. The first-order valence-corrected chi connectivity index (χ1v) is 7.56. The summed E-state index contributed by atoms with van der Waals surface area (Å²) in [5, 5.41) is 0. The average Bonchev–Trinajstić information content (AvgIpc) is 2.90. The molecule has 2 rings (SSSR count). The smallest absolute Gasteiger partial charge is 0.123 e. The van der Waals surface area contributed by atoms with Crippen LogP contribution < -0.4 is 4.74 Å². The fourth-order valence-corrected chi connectivity index (χ4v) is 3.91. The van der Waals surface area contributed by atoms with Crippen molar-refractivity contribution in [2.45, 2.75) is 32.0 Å². The normalized spacial score (nSPS) is 23.3. The second-order valence-corrected chi connectivity index (χ2v) is 7.39. The zero-order chi connectivity index (χ0) is 12.8. The first-order chi connectivity index (χ1) is 7.86. The molecule has 1 aliphatic carbocycles. The predicted octanol–water partition coefficient (Wildman–Crippen LogP) is 5.25. The summed E-state index contributed by atoms with van der Waals surface area (Å²) < 4.78 is 6.65. The second kappa shape index (κ2) is 4.58. The van der Waals surface area contributed by atoms with E-state index in [0.717, 1.165) is 10.2 Å². The summed E-state index contributed by atoms with van der Waals surface area (Å²) in [6, 6.07) is 4.28. The van der Waals surface area contributed by atoms with Crippen molar-refractivity contribution in [3.05, 3.63) is 27.7 Å². The van der Waals surface area contributed by atoms with E-state index in [-0.39, 0.29) is 0 Å². The molecule has 1 saturated carbocycles. The van der Waals surface area contributed by atoms with Crippen LogP contribution >= 0.6 is 31.9 Å². The molecule has 0 spiro atoms. The van der Waals surface area contributed by atoms with Crippen LogP contribution in [0.25, 0.3) is 0 Å². The number of hydrogen-bond donors (Lipinski definition) is 0. The third-order valence-electron chi connectivity index (χ3n) is 3.75. The van der Waals surface area contributed by atoms with E-state index in [1.165, 1.54) is 17.5 Å². The van der Waals surface area contributed by atoms with E-state index in [4.69, 9.17) is 4.74 Å². The fraction of sp³-hybridized carbons (Fsp3) is 0.571. The molecule has 0 aliphatic heterocycles. The Kier molecular flexibility index (Phi) is 3.61. The van der Waals surface area contributed by atoms with Crippen molar-refractivity contribution in [3.63, 3.8) is 0 Å². The van der Waals surface area contributed by atoms with Crippen LogP contribution in [-0.4, -0.2) is 7.11 Å². The topological polar surface area (TPSA) is 9.23 Å². The lowest BCUT2D eigenvalue weighted by molar-refractivity contribution is 0.406. The van der Waals surface area contributed by atoms with Crippen molar-refractivity contribution in [1.29, 1.82) is 0 Å². The highest BCUT2D eigenvalue weighted by molar-refractivity contribution is 9.10. The molecule has 1 aromatic carbocycles. The average molecular weight is 362 g/mol. The SMILES string of the molecule is COc1cc(C)c(Br)cc1C(Br)C1CC1(C)C. The largest absolute Gasteiger partial charge is 0.496 e. The Balaban J connectivity index is 2.34. The van der Waals surface area contributed by atoms with E-state index in [1.807, 2.05) is 0 Å². The molecular weight excluding hydrogens is 344 g/mol. The molecule has 0 saturated heterocycles. The van der Waals surface area contributed by atoms with Gasteiger partial charge in [-0.05, 0) is 42.4 Å². The quantitative estimate of drug-likeness (QED) is 0.668. The third kappa shape index (κ3) is 2.55. The number of rotatable bonds is 3. The monoisotopic (exact) mass is 360 g/mol. The van der Waals surface area contributed by atoms with Crippen LogP contribution in [0.1, 0.15) is 36.2 Å². The van der Waals surface area contributed by atoms with Crippen molar-refractivity contribution in [3.8, 4) is 5.75 Å². The third-order valence-corrected chi connectivity index (χ3v) is 5.74. The Morgan fingerprint density at radius 3 is 2.47 bits per heavy atom. The zero-order valence-electron chi connectivity index (χ0n) is 10.7. The van der Waals surface area contributed by atoms with Crippen molar-refractivity contribution >= 4 is 31.9 Å². The van der Waals surface area contributed by atoms with Crippen molar-refractivity contribution < 1.29 is 4.74 Å². The molecule has 0 heterocycles. The van der Waals surface area contributed by atoms with Crippen LogP contribution in [0, 0.1) is 18.3 Å². The van der Waals surface area contributed by atoms with E-state index in [2.05, 4.69) is 64.8 Å². The number of aryl methyl sites for hydroxylation is 1. The number of ether oxygens (including phenoxy) is 1. The minimum Gasteiger partial charge on any atom is -0.496 e. The van der Waals surface area contributed by atoms with Gasteiger partial charge in [0, 0.05) is 14.9 Å². The summed E-state index contributed by atoms with van der Waals surface area (Å²) in [6.07, 6.45) is 1.28. The minimum atomic E-state index is 0.379. The molecule has 1 fully saturated rings. The van der Waals surface area contributed by atoms with Crippen LogP contribution in [0.5, 0.6) is 5.75 Å². The maximum Gasteiger partial charge on any atom is 0.123 e. The van der Waals surface area contributed by atoms with Crippen LogP contribution in [-0.2, 0) is 0 Å². The van der Waals surface area contributed by atoms with Crippen LogP contribution in [0.15, 0.2) is 16.6 Å². The Bertz CT molecular complexity index is 440. The van der Waals surface area contributed by atoms with Gasteiger partial charge in [-0.2, -0.15) is 0 Å². The van der Waals surface area contributed by atoms with E-state index < -0.39 is 0 Å². The van der Waals surface area contributed by atoms with E-state index in [0.29, 0.717) is 16.2 Å². The van der Waals surface area contributed by atoms with Crippen LogP contribution in [0.4, 0.5) is 0 Å². The summed E-state index contributed by atoms with van der Waals surface area (Å²) in [4.78, 5) is 0.379.